The van der Waals surface area contributed by atoms with Gasteiger partial charge in [-0.25, -0.2) is 0 Å². The topological polar surface area (TPSA) is 21.3 Å². The average molecular weight is 275 g/mol. The van der Waals surface area contributed by atoms with Gasteiger partial charge in [-0.2, -0.15) is 0 Å². The Balaban J connectivity index is 2.01. The monoisotopic (exact) mass is 275 g/mol. The molecular formula is C18H29NO. The molecule has 2 rings (SSSR count). The summed E-state index contributed by atoms with van der Waals surface area (Å²) in [5.74, 6) is 0. The highest BCUT2D eigenvalue weighted by molar-refractivity contribution is 5.24. The van der Waals surface area contributed by atoms with E-state index in [1.807, 2.05) is 0 Å². The molecule has 112 valence electrons. The van der Waals surface area contributed by atoms with Crippen molar-refractivity contribution < 1.29 is 4.74 Å². The highest BCUT2D eigenvalue weighted by Gasteiger charge is 2.32. The zero-order valence-electron chi connectivity index (χ0n) is 13.4. The Bertz CT molecular complexity index is 414. The van der Waals surface area contributed by atoms with E-state index in [4.69, 9.17) is 4.74 Å². The molecule has 1 N–H and O–H groups in total. The quantitative estimate of drug-likeness (QED) is 0.861. The van der Waals surface area contributed by atoms with Gasteiger partial charge in [-0.05, 0) is 45.1 Å². The molecule has 1 saturated heterocycles. The van der Waals surface area contributed by atoms with Crippen molar-refractivity contribution in [3.8, 4) is 0 Å². The molecule has 3 unspecified atom stereocenters. The summed E-state index contributed by atoms with van der Waals surface area (Å²) in [6, 6.07) is 9.96. The van der Waals surface area contributed by atoms with Gasteiger partial charge in [-0.15, -0.1) is 0 Å². The molecule has 2 nitrogen and oxygen atoms in total. The third-order valence-corrected chi connectivity index (χ3v) is 4.67. The minimum Gasteiger partial charge on any atom is -0.375 e. The predicted molar refractivity (Wildman–Crippen MR) is 85.0 cm³/mol. The molecule has 1 aromatic rings. The van der Waals surface area contributed by atoms with Crippen molar-refractivity contribution in [2.75, 3.05) is 6.61 Å². The van der Waals surface area contributed by atoms with Crippen LogP contribution in [0.5, 0.6) is 0 Å². The van der Waals surface area contributed by atoms with Crippen LogP contribution in [0.1, 0.15) is 63.6 Å². The fraction of sp³-hybridized carbons (Fsp3) is 0.667. The smallest absolute Gasteiger partial charge is 0.0666 e. The van der Waals surface area contributed by atoms with Gasteiger partial charge in [0.1, 0.15) is 0 Å². The van der Waals surface area contributed by atoms with E-state index < -0.39 is 0 Å². The molecular weight excluding hydrogens is 246 g/mol. The van der Waals surface area contributed by atoms with Gasteiger partial charge in [0.05, 0.1) is 5.60 Å². The largest absolute Gasteiger partial charge is 0.375 e. The molecule has 0 amide bonds. The number of aryl methyl sites for hydroxylation is 1. The predicted octanol–water partition coefficient (Wildman–Crippen LogP) is 4.38. The second-order valence-corrected chi connectivity index (χ2v) is 6.38. The molecule has 20 heavy (non-hydrogen) atoms. The molecule has 0 radical (unpaired) electrons. The third kappa shape index (κ3) is 3.83. The minimum atomic E-state index is 0.0570. The van der Waals surface area contributed by atoms with Gasteiger partial charge < -0.3 is 10.1 Å². The molecule has 0 spiro atoms. The fourth-order valence-electron chi connectivity index (χ4n) is 3.05. The number of rotatable bonds is 5. The number of hydrogen-bond acceptors (Lipinski definition) is 2. The normalized spacial score (nSPS) is 28.3. The number of hydrogen-bond donors (Lipinski definition) is 1. The van der Waals surface area contributed by atoms with Crippen LogP contribution >= 0.6 is 0 Å². The molecule has 0 aliphatic carbocycles. The standard InChI is InChI=1S/C18H29NO/c1-5-17(15-9-7-14(3)8-10-15)19-16-11-12-20-18(4,6-2)13-16/h7-10,16-17,19H,5-6,11-13H2,1-4H3. The summed E-state index contributed by atoms with van der Waals surface area (Å²) in [6.07, 6.45) is 4.46. The van der Waals surface area contributed by atoms with Crippen LogP contribution in [-0.2, 0) is 4.74 Å². The maximum absolute atomic E-state index is 5.94. The lowest BCUT2D eigenvalue weighted by atomic mass is 9.89. The first kappa shape index (κ1) is 15.5. The van der Waals surface area contributed by atoms with Crippen molar-refractivity contribution >= 4 is 0 Å². The van der Waals surface area contributed by atoms with Gasteiger partial charge in [0.2, 0.25) is 0 Å². The van der Waals surface area contributed by atoms with Crippen LogP contribution in [0.25, 0.3) is 0 Å². The zero-order valence-corrected chi connectivity index (χ0v) is 13.4. The second kappa shape index (κ2) is 6.73. The summed E-state index contributed by atoms with van der Waals surface area (Å²) in [5, 5.41) is 3.85. The van der Waals surface area contributed by atoms with Crippen LogP contribution < -0.4 is 5.32 Å². The Kier molecular flexibility index (Phi) is 5.22. The van der Waals surface area contributed by atoms with E-state index in [0.717, 1.165) is 32.3 Å². The first-order chi connectivity index (χ1) is 9.56. The van der Waals surface area contributed by atoms with E-state index in [1.54, 1.807) is 0 Å². The van der Waals surface area contributed by atoms with Gasteiger partial charge in [0, 0.05) is 18.7 Å². The lowest BCUT2D eigenvalue weighted by molar-refractivity contribution is -0.0792. The highest BCUT2D eigenvalue weighted by atomic mass is 16.5. The molecule has 1 aliphatic rings. The molecule has 1 heterocycles. The summed E-state index contributed by atoms with van der Waals surface area (Å²) in [4.78, 5) is 0. The van der Waals surface area contributed by atoms with Crippen molar-refractivity contribution in [2.24, 2.45) is 0 Å². The summed E-state index contributed by atoms with van der Waals surface area (Å²) >= 11 is 0. The Morgan fingerprint density at radius 1 is 1.30 bits per heavy atom. The Labute approximate surface area is 123 Å². The fourth-order valence-corrected chi connectivity index (χ4v) is 3.05. The molecule has 0 bridgehead atoms. The van der Waals surface area contributed by atoms with Gasteiger partial charge in [0.15, 0.2) is 0 Å². The maximum Gasteiger partial charge on any atom is 0.0666 e. The minimum absolute atomic E-state index is 0.0570. The lowest BCUT2D eigenvalue weighted by Gasteiger charge is -2.39. The SMILES string of the molecule is CCC(NC1CCOC(C)(CC)C1)c1ccc(C)cc1. The van der Waals surface area contributed by atoms with Gasteiger partial charge in [-0.1, -0.05) is 43.7 Å². The maximum atomic E-state index is 5.94. The van der Waals surface area contributed by atoms with Crippen LogP contribution in [0.4, 0.5) is 0 Å². The molecule has 0 saturated carbocycles. The van der Waals surface area contributed by atoms with Crippen LogP contribution in [0, 0.1) is 6.92 Å². The number of nitrogens with one attached hydrogen (secondary N) is 1. The Hall–Kier alpha value is -0.860. The summed E-state index contributed by atoms with van der Waals surface area (Å²) in [6.45, 7) is 9.75. The second-order valence-electron chi connectivity index (χ2n) is 6.38. The average Bonchev–Trinajstić information content (AvgIpc) is 2.46. The highest BCUT2D eigenvalue weighted by Crippen LogP contribution is 2.29. The lowest BCUT2D eigenvalue weighted by Crippen LogP contribution is -2.46. The molecule has 2 heteroatoms. The van der Waals surface area contributed by atoms with Gasteiger partial charge in [-0.3, -0.25) is 0 Å². The first-order valence-corrected chi connectivity index (χ1v) is 8.03. The van der Waals surface area contributed by atoms with E-state index in [1.165, 1.54) is 11.1 Å². The summed E-state index contributed by atoms with van der Waals surface area (Å²) < 4.78 is 5.94. The van der Waals surface area contributed by atoms with Crippen LogP contribution in [0.2, 0.25) is 0 Å². The third-order valence-electron chi connectivity index (χ3n) is 4.67. The van der Waals surface area contributed by atoms with Crippen molar-refractivity contribution in [1.29, 1.82) is 0 Å². The summed E-state index contributed by atoms with van der Waals surface area (Å²) in [7, 11) is 0. The van der Waals surface area contributed by atoms with E-state index in [2.05, 4.69) is 57.3 Å². The zero-order chi connectivity index (χ0) is 14.6. The van der Waals surface area contributed by atoms with Crippen molar-refractivity contribution in [3.05, 3.63) is 35.4 Å². The molecule has 1 aromatic carbocycles. The van der Waals surface area contributed by atoms with E-state index in [9.17, 15) is 0 Å². The number of benzene rings is 1. The van der Waals surface area contributed by atoms with Crippen molar-refractivity contribution in [2.45, 2.75) is 71.1 Å². The van der Waals surface area contributed by atoms with Crippen LogP contribution in [0.3, 0.4) is 0 Å². The molecule has 1 aliphatic heterocycles. The van der Waals surface area contributed by atoms with Gasteiger partial charge in [0.25, 0.3) is 0 Å². The van der Waals surface area contributed by atoms with Gasteiger partial charge >= 0.3 is 0 Å². The van der Waals surface area contributed by atoms with E-state index >= 15 is 0 Å². The van der Waals surface area contributed by atoms with Crippen molar-refractivity contribution in [1.82, 2.24) is 5.32 Å². The van der Waals surface area contributed by atoms with E-state index in [-0.39, 0.29) is 5.60 Å². The van der Waals surface area contributed by atoms with Crippen LogP contribution in [-0.4, -0.2) is 18.2 Å². The molecule has 3 atom stereocenters. The molecule has 0 aromatic heterocycles. The van der Waals surface area contributed by atoms with E-state index in [0.29, 0.717) is 12.1 Å². The summed E-state index contributed by atoms with van der Waals surface area (Å²) in [5.41, 5.74) is 2.79. The van der Waals surface area contributed by atoms with Crippen molar-refractivity contribution in [3.63, 3.8) is 0 Å². The molecule has 1 fully saturated rings. The Morgan fingerprint density at radius 3 is 2.60 bits per heavy atom. The van der Waals surface area contributed by atoms with Crippen LogP contribution in [0.15, 0.2) is 24.3 Å². The first-order valence-electron chi connectivity index (χ1n) is 8.03. The Morgan fingerprint density at radius 2 is 2.00 bits per heavy atom. The number of ether oxygens (including phenoxy) is 1.